The van der Waals surface area contributed by atoms with Crippen LogP contribution in [0, 0.1) is 17.0 Å². The fourth-order valence-electron chi connectivity index (χ4n) is 1.77. The summed E-state index contributed by atoms with van der Waals surface area (Å²) in [6.07, 6.45) is 0.813. The molecule has 0 bridgehead atoms. The van der Waals surface area contributed by atoms with Gasteiger partial charge in [0.05, 0.1) is 4.92 Å². The van der Waals surface area contributed by atoms with E-state index in [4.69, 9.17) is 4.74 Å². The zero-order chi connectivity index (χ0) is 10.3. The lowest BCUT2D eigenvalue weighted by atomic mass is 10.0. The Balaban J connectivity index is 2.59. The molecule has 0 aromatic heterocycles. The van der Waals surface area contributed by atoms with Crippen molar-refractivity contribution in [2.75, 3.05) is 0 Å². The molecule has 0 fully saturated rings. The van der Waals surface area contributed by atoms with E-state index in [0.29, 0.717) is 5.75 Å². The molecule has 0 saturated heterocycles. The third-order valence-corrected chi connectivity index (χ3v) is 2.48. The maximum Gasteiger partial charge on any atom is 0.311 e. The second-order valence-corrected chi connectivity index (χ2v) is 3.60. The van der Waals surface area contributed by atoms with Crippen molar-refractivity contribution in [3.63, 3.8) is 0 Å². The molecule has 0 amide bonds. The zero-order valence-corrected chi connectivity index (χ0v) is 8.11. The van der Waals surface area contributed by atoms with Crippen molar-refractivity contribution in [2.45, 2.75) is 26.4 Å². The van der Waals surface area contributed by atoms with Gasteiger partial charge in [-0.15, -0.1) is 0 Å². The van der Waals surface area contributed by atoms with Gasteiger partial charge in [-0.25, -0.2) is 0 Å². The van der Waals surface area contributed by atoms with Crippen LogP contribution in [0.2, 0.25) is 0 Å². The molecule has 1 heterocycles. The molecule has 0 aliphatic carbocycles. The molecule has 1 aromatic rings. The van der Waals surface area contributed by atoms with Crippen LogP contribution in [0.1, 0.15) is 18.1 Å². The van der Waals surface area contributed by atoms with Crippen LogP contribution in [-0.2, 0) is 6.42 Å². The summed E-state index contributed by atoms with van der Waals surface area (Å²) in [6, 6.07) is 3.28. The number of hydrogen-bond donors (Lipinski definition) is 0. The van der Waals surface area contributed by atoms with Crippen molar-refractivity contribution < 1.29 is 9.66 Å². The lowest BCUT2D eigenvalue weighted by Crippen LogP contribution is -2.06. The van der Waals surface area contributed by atoms with Gasteiger partial charge >= 0.3 is 5.69 Å². The maximum atomic E-state index is 10.7. The Morgan fingerprint density at radius 1 is 1.57 bits per heavy atom. The minimum Gasteiger partial charge on any atom is -0.483 e. The van der Waals surface area contributed by atoms with Gasteiger partial charge in [0.15, 0.2) is 0 Å². The van der Waals surface area contributed by atoms with Crippen LogP contribution < -0.4 is 4.74 Å². The van der Waals surface area contributed by atoms with Gasteiger partial charge in [-0.3, -0.25) is 10.1 Å². The molecule has 4 nitrogen and oxygen atoms in total. The van der Waals surface area contributed by atoms with Gasteiger partial charge in [-0.1, -0.05) is 6.07 Å². The van der Waals surface area contributed by atoms with Crippen LogP contribution in [-0.4, -0.2) is 11.0 Å². The van der Waals surface area contributed by atoms with Gasteiger partial charge in [0.1, 0.15) is 6.10 Å². The first-order valence-electron chi connectivity index (χ1n) is 4.53. The molecule has 4 heteroatoms. The zero-order valence-electron chi connectivity index (χ0n) is 8.11. The molecule has 1 unspecified atom stereocenters. The van der Waals surface area contributed by atoms with Crippen molar-refractivity contribution in [3.8, 4) is 5.75 Å². The largest absolute Gasteiger partial charge is 0.483 e. The predicted molar refractivity (Wildman–Crippen MR) is 51.6 cm³/mol. The van der Waals surface area contributed by atoms with Gasteiger partial charge in [0, 0.05) is 18.1 Å². The number of hydrogen-bond acceptors (Lipinski definition) is 3. The van der Waals surface area contributed by atoms with Gasteiger partial charge in [0.25, 0.3) is 0 Å². The number of nitrogens with zero attached hydrogens (tertiary/aromatic N) is 1. The molecule has 1 aliphatic rings. The normalized spacial score (nSPS) is 18.9. The summed E-state index contributed by atoms with van der Waals surface area (Å²) in [7, 11) is 0. The van der Waals surface area contributed by atoms with Crippen molar-refractivity contribution >= 4 is 5.69 Å². The van der Waals surface area contributed by atoms with Crippen LogP contribution >= 0.6 is 0 Å². The quantitative estimate of drug-likeness (QED) is 0.507. The Kier molecular flexibility index (Phi) is 1.91. The first-order valence-corrected chi connectivity index (χ1v) is 4.53. The first-order chi connectivity index (χ1) is 6.59. The fourth-order valence-corrected chi connectivity index (χ4v) is 1.77. The summed E-state index contributed by atoms with van der Waals surface area (Å²) < 4.78 is 5.44. The average Bonchev–Trinajstić information content (AvgIpc) is 2.47. The van der Waals surface area contributed by atoms with E-state index in [2.05, 4.69) is 0 Å². The molecule has 1 aromatic carbocycles. The summed E-state index contributed by atoms with van der Waals surface area (Å²) in [5, 5.41) is 10.7. The number of rotatable bonds is 1. The second-order valence-electron chi connectivity index (χ2n) is 3.60. The molecule has 74 valence electrons. The highest BCUT2D eigenvalue weighted by Gasteiger charge is 2.28. The molecule has 0 spiro atoms. The van der Waals surface area contributed by atoms with Crippen LogP contribution in [0.4, 0.5) is 5.69 Å². The molecule has 0 N–H and O–H groups in total. The smallest absolute Gasteiger partial charge is 0.311 e. The highest BCUT2D eigenvalue weighted by Crippen LogP contribution is 2.39. The van der Waals surface area contributed by atoms with Crippen LogP contribution in [0.25, 0.3) is 0 Å². The Bertz CT molecular complexity index is 401. The third kappa shape index (κ3) is 1.23. The summed E-state index contributed by atoms with van der Waals surface area (Å²) in [5.74, 6) is 0.461. The fraction of sp³-hybridized carbons (Fsp3) is 0.400. The van der Waals surface area contributed by atoms with E-state index < -0.39 is 4.92 Å². The highest BCUT2D eigenvalue weighted by atomic mass is 16.6. The highest BCUT2D eigenvalue weighted by molar-refractivity contribution is 5.57. The second kappa shape index (κ2) is 2.97. The maximum absolute atomic E-state index is 10.7. The summed E-state index contributed by atoms with van der Waals surface area (Å²) in [4.78, 5) is 10.3. The molecule has 1 atom stereocenters. The minimum atomic E-state index is -0.393. The average molecular weight is 193 g/mol. The number of fused-ring (bicyclic) bond motifs is 1. The van der Waals surface area contributed by atoms with Crippen LogP contribution in [0.5, 0.6) is 5.75 Å². The van der Waals surface area contributed by atoms with Gasteiger partial charge < -0.3 is 4.74 Å². The molecular formula is C10H11NO3. The standard InChI is InChI=1S/C10H11NO3/c1-6-3-4-9(11(12)13)10-8(6)5-7(2)14-10/h3-4,7H,5H2,1-2H3. The number of ether oxygens (including phenoxy) is 1. The Labute approximate surface area is 81.7 Å². The van der Waals surface area contributed by atoms with Gasteiger partial charge in [-0.2, -0.15) is 0 Å². The third-order valence-electron chi connectivity index (χ3n) is 2.48. The topological polar surface area (TPSA) is 52.4 Å². The van der Waals surface area contributed by atoms with Gasteiger partial charge in [-0.05, 0) is 19.4 Å². The molecule has 2 rings (SSSR count). The van der Waals surface area contributed by atoms with E-state index in [1.807, 2.05) is 13.8 Å². The number of nitro groups is 1. The number of nitro benzene ring substituents is 1. The van der Waals surface area contributed by atoms with E-state index in [0.717, 1.165) is 17.5 Å². The van der Waals surface area contributed by atoms with E-state index in [1.54, 1.807) is 6.07 Å². The number of benzene rings is 1. The summed E-state index contributed by atoms with van der Waals surface area (Å²) >= 11 is 0. The van der Waals surface area contributed by atoms with E-state index in [9.17, 15) is 10.1 Å². The molecule has 0 radical (unpaired) electrons. The van der Waals surface area contributed by atoms with Gasteiger partial charge in [0.2, 0.25) is 5.75 Å². The molecule has 0 saturated carbocycles. The predicted octanol–water partition coefficient (Wildman–Crippen LogP) is 2.23. The summed E-state index contributed by atoms with van der Waals surface area (Å²) in [5.41, 5.74) is 2.12. The lowest BCUT2D eigenvalue weighted by Gasteiger charge is -2.03. The van der Waals surface area contributed by atoms with Crippen molar-refractivity contribution in [1.29, 1.82) is 0 Å². The van der Waals surface area contributed by atoms with Crippen LogP contribution in [0.3, 0.4) is 0 Å². The van der Waals surface area contributed by atoms with Crippen molar-refractivity contribution in [3.05, 3.63) is 33.4 Å². The van der Waals surface area contributed by atoms with E-state index >= 15 is 0 Å². The number of aryl methyl sites for hydroxylation is 1. The molecular weight excluding hydrogens is 182 g/mol. The summed E-state index contributed by atoms with van der Waals surface area (Å²) in [6.45, 7) is 3.87. The lowest BCUT2D eigenvalue weighted by molar-refractivity contribution is -0.385. The Hall–Kier alpha value is -1.58. The Morgan fingerprint density at radius 3 is 2.93 bits per heavy atom. The SMILES string of the molecule is Cc1ccc([N+](=O)[O-])c2c1CC(C)O2. The monoisotopic (exact) mass is 193 g/mol. The minimum absolute atomic E-state index is 0.0461. The van der Waals surface area contributed by atoms with E-state index in [-0.39, 0.29) is 11.8 Å². The van der Waals surface area contributed by atoms with Crippen molar-refractivity contribution in [2.24, 2.45) is 0 Å². The Morgan fingerprint density at radius 2 is 2.29 bits per heavy atom. The van der Waals surface area contributed by atoms with E-state index in [1.165, 1.54) is 6.07 Å². The first kappa shape index (κ1) is 8.99. The molecule has 1 aliphatic heterocycles. The van der Waals surface area contributed by atoms with Crippen LogP contribution in [0.15, 0.2) is 12.1 Å². The van der Waals surface area contributed by atoms with Crippen molar-refractivity contribution in [1.82, 2.24) is 0 Å². The molecule has 14 heavy (non-hydrogen) atoms.